The van der Waals surface area contributed by atoms with Crippen LogP contribution in [-0.2, 0) is 0 Å². The third-order valence-electron chi connectivity index (χ3n) is 5.66. The lowest BCUT2D eigenvalue weighted by atomic mass is 9.75. The molecule has 1 aliphatic heterocycles. The van der Waals surface area contributed by atoms with Gasteiger partial charge in [0.05, 0.1) is 6.10 Å². The minimum absolute atomic E-state index is 0.0194. The number of nitrogens with zero attached hydrogens (tertiary/aromatic N) is 1. The lowest BCUT2D eigenvalue weighted by Crippen LogP contribution is -2.46. The number of aliphatic hydroxyl groups excluding tert-OH is 1. The molecule has 98 valence electrons. The van der Waals surface area contributed by atoms with Crippen molar-refractivity contribution in [3.63, 3.8) is 0 Å². The molecular formula is C14H26N2O. The van der Waals surface area contributed by atoms with Crippen molar-refractivity contribution in [2.75, 3.05) is 26.2 Å². The topological polar surface area (TPSA) is 49.5 Å². The van der Waals surface area contributed by atoms with Gasteiger partial charge in [-0.1, -0.05) is 6.42 Å². The molecule has 1 saturated heterocycles. The molecule has 0 aromatic carbocycles. The maximum atomic E-state index is 10.1. The van der Waals surface area contributed by atoms with E-state index in [4.69, 9.17) is 5.73 Å². The fourth-order valence-electron chi connectivity index (χ4n) is 3.94. The zero-order valence-corrected chi connectivity index (χ0v) is 10.8. The highest BCUT2D eigenvalue weighted by atomic mass is 16.3. The number of likely N-dealkylation sites (tertiary alicyclic amines) is 1. The Morgan fingerprint density at radius 2 is 1.82 bits per heavy atom. The zero-order chi connectivity index (χ0) is 11.9. The van der Waals surface area contributed by atoms with Crippen molar-refractivity contribution in [1.29, 1.82) is 0 Å². The van der Waals surface area contributed by atoms with Crippen LogP contribution >= 0.6 is 0 Å². The second-order valence-electron chi connectivity index (χ2n) is 6.75. The van der Waals surface area contributed by atoms with Crippen molar-refractivity contribution in [2.45, 2.75) is 51.0 Å². The summed E-state index contributed by atoms with van der Waals surface area (Å²) in [5.41, 5.74) is 6.62. The lowest BCUT2D eigenvalue weighted by molar-refractivity contribution is -0.00429. The monoisotopic (exact) mass is 238 g/mol. The van der Waals surface area contributed by atoms with Crippen molar-refractivity contribution in [2.24, 2.45) is 16.6 Å². The van der Waals surface area contributed by atoms with E-state index in [1.54, 1.807) is 0 Å². The SMILES string of the molecule is NCC1(CN2CCC3(CCCC3O)CC2)CC1. The molecule has 2 aliphatic carbocycles. The first-order chi connectivity index (χ1) is 8.18. The summed E-state index contributed by atoms with van der Waals surface area (Å²) in [5, 5.41) is 10.1. The van der Waals surface area contributed by atoms with E-state index in [-0.39, 0.29) is 11.5 Å². The minimum atomic E-state index is -0.0194. The van der Waals surface area contributed by atoms with E-state index in [0.717, 1.165) is 13.0 Å². The summed E-state index contributed by atoms with van der Waals surface area (Å²) < 4.78 is 0. The Kier molecular flexibility index (Phi) is 2.96. The summed E-state index contributed by atoms with van der Waals surface area (Å²) >= 11 is 0. The molecule has 1 unspecified atom stereocenters. The van der Waals surface area contributed by atoms with Crippen LogP contribution in [0.25, 0.3) is 0 Å². The molecule has 1 spiro atoms. The molecule has 0 amide bonds. The molecule has 3 N–H and O–H groups in total. The number of hydrogen-bond donors (Lipinski definition) is 2. The Balaban J connectivity index is 1.54. The minimum Gasteiger partial charge on any atom is -0.393 e. The maximum absolute atomic E-state index is 10.1. The van der Waals surface area contributed by atoms with Gasteiger partial charge < -0.3 is 15.7 Å². The van der Waals surface area contributed by atoms with E-state index in [1.165, 1.54) is 58.2 Å². The van der Waals surface area contributed by atoms with E-state index in [0.29, 0.717) is 5.41 Å². The molecule has 3 aliphatic rings. The van der Waals surface area contributed by atoms with E-state index >= 15 is 0 Å². The van der Waals surface area contributed by atoms with Crippen LogP contribution in [0, 0.1) is 10.8 Å². The fourth-order valence-corrected chi connectivity index (χ4v) is 3.94. The van der Waals surface area contributed by atoms with Crippen molar-refractivity contribution >= 4 is 0 Å². The Hall–Kier alpha value is -0.120. The van der Waals surface area contributed by atoms with Gasteiger partial charge in [-0.15, -0.1) is 0 Å². The van der Waals surface area contributed by atoms with Crippen LogP contribution in [0.2, 0.25) is 0 Å². The molecule has 0 radical (unpaired) electrons. The molecule has 0 aromatic heterocycles. The van der Waals surface area contributed by atoms with Gasteiger partial charge in [-0.3, -0.25) is 0 Å². The summed E-state index contributed by atoms with van der Waals surface area (Å²) in [5.74, 6) is 0. The van der Waals surface area contributed by atoms with Gasteiger partial charge in [-0.2, -0.15) is 0 Å². The predicted molar refractivity (Wildman–Crippen MR) is 68.7 cm³/mol. The van der Waals surface area contributed by atoms with E-state index < -0.39 is 0 Å². The van der Waals surface area contributed by atoms with Crippen molar-refractivity contribution in [3.8, 4) is 0 Å². The summed E-state index contributed by atoms with van der Waals surface area (Å²) in [6, 6.07) is 0. The van der Waals surface area contributed by atoms with Crippen molar-refractivity contribution < 1.29 is 5.11 Å². The number of nitrogens with two attached hydrogens (primary N) is 1. The van der Waals surface area contributed by atoms with Gasteiger partial charge in [-0.25, -0.2) is 0 Å². The quantitative estimate of drug-likeness (QED) is 0.780. The Morgan fingerprint density at radius 1 is 1.12 bits per heavy atom. The van der Waals surface area contributed by atoms with Crippen LogP contribution in [0.4, 0.5) is 0 Å². The fraction of sp³-hybridized carbons (Fsp3) is 1.00. The number of piperidine rings is 1. The molecule has 3 heteroatoms. The van der Waals surface area contributed by atoms with Gasteiger partial charge in [0.25, 0.3) is 0 Å². The summed E-state index contributed by atoms with van der Waals surface area (Å²) in [6.45, 7) is 4.42. The van der Waals surface area contributed by atoms with E-state index in [1.807, 2.05) is 0 Å². The molecular weight excluding hydrogens is 212 g/mol. The molecule has 3 rings (SSSR count). The van der Waals surface area contributed by atoms with Crippen LogP contribution in [0.15, 0.2) is 0 Å². The highest BCUT2D eigenvalue weighted by Crippen LogP contribution is 2.49. The van der Waals surface area contributed by atoms with Gasteiger partial charge in [0.15, 0.2) is 0 Å². The Bertz CT molecular complexity index is 280. The molecule has 2 saturated carbocycles. The number of hydrogen-bond acceptors (Lipinski definition) is 3. The maximum Gasteiger partial charge on any atom is 0.0597 e. The first-order valence-electron chi connectivity index (χ1n) is 7.29. The zero-order valence-electron chi connectivity index (χ0n) is 10.8. The molecule has 3 fully saturated rings. The normalized spacial score (nSPS) is 35.3. The molecule has 1 atom stereocenters. The lowest BCUT2D eigenvalue weighted by Gasteiger charge is -2.42. The predicted octanol–water partition coefficient (Wildman–Crippen LogP) is 1.35. The van der Waals surface area contributed by atoms with Crippen LogP contribution in [0.3, 0.4) is 0 Å². The van der Waals surface area contributed by atoms with Gasteiger partial charge in [0.1, 0.15) is 0 Å². The second kappa shape index (κ2) is 4.22. The smallest absolute Gasteiger partial charge is 0.0597 e. The Morgan fingerprint density at radius 3 is 2.29 bits per heavy atom. The Labute approximate surface area is 104 Å². The van der Waals surface area contributed by atoms with Gasteiger partial charge >= 0.3 is 0 Å². The molecule has 0 bridgehead atoms. The highest BCUT2D eigenvalue weighted by molar-refractivity contribution is 5.00. The highest BCUT2D eigenvalue weighted by Gasteiger charge is 2.47. The van der Waals surface area contributed by atoms with Crippen LogP contribution in [0.5, 0.6) is 0 Å². The summed E-state index contributed by atoms with van der Waals surface area (Å²) in [7, 11) is 0. The first kappa shape index (κ1) is 11.9. The third kappa shape index (κ3) is 2.13. The number of aliphatic hydroxyl groups is 1. The van der Waals surface area contributed by atoms with Crippen molar-refractivity contribution in [3.05, 3.63) is 0 Å². The number of rotatable bonds is 3. The summed E-state index contributed by atoms with van der Waals surface area (Å²) in [4.78, 5) is 2.59. The average molecular weight is 238 g/mol. The second-order valence-corrected chi connectivity index (χ2v) is 6.75. The first-order valence-corrected chi connectivity index (χ1v) is 7.29. The average Bonchev–Trinajstić information content (AvgIpc) is 3.04. The summed E-state index contributed by atoms with van der Waals surface area (Å²) in [6.07, 6.45) is 8.56. The van der Waals surface area contributed by atoms with Gasteiger partial charge in [0.2, 0.25) is 0 Å². The van der Waals surface area contributed by atoms with Crippen LogP contribution < -0.4 is 5.73 Å². The largest absolute Gasteiger partial charge is 0.393 e. The van der Waals surface area contributed by atoms with E-state index in [2.05, 4.69) is 4.90 Å². The standard InChI is InChI=1S/C14H26N2O/c15-10-13(4-5-13)11-16-8-6-14(7-9-16)3-1-2-12(14)17/h12,17H,1-11,15H2. The molecule has 3 nitrogen and oxygen atoms in total. The van der Waals surface area contributed by atoms with Gasteiger partial charge in [0, 0.05) is 6.54 Å². The molecule has 0 aromatic rings. The van der Waals surface area contributed by atoms with Crippen LogP contribution in [0.1, 0.15) is 44.9 Å². The van der Waals surface area contributed by atoms with Crippen molar-refractivity contribution in [1.82, 2.24) is 4.90 Å². The van der Waals surface area contributed by atoms with E-state index in [9.17, 15) is 5.11 Å². The third-order valence-corrected chi connectivity index (χ3v) is 5.66. The van der Waals surface area contributed by atoms with Crippen LogP contribution in [-0.4, -0.2) is 42.3 Å². The molecule has 1 heterocycles. The molecule has 17 heavy (non-hydrogen) atoms. The van der Waals surface area contributed by atoms with Gasteiger partial charge in [-0.05, 0) is 69.0 Å².